The average molecular weight is 561 g/mol. The first kappa shape index (κ1) is 28.1. The molecule has 6 rings (SSSR count). The molecule has 0 fully saturated rings. The molecule has 0 unspecified atom stereocenters. The zero-order chi connectivity index (χ0) is 26.0. The van der Waals surface area contributed by atoms with Crippen LogP contribution in [0.25, 0.3) is 20.4 Å². The maximum Gasteiger partial charge on any atom is 0.141 e. The molecule has 0 bridgehead atoms. The van der Waals surface area contributed by atoms with Crippen molar-refractivity contribution in [1.29, 1.82) is 0 Å². The number of aryl methyl sites for hydroxylation is 4. The van der Waals surface area contributed by atoms with Crippen molar-refractivity contribution in [3.05, 3.63) is 38.7 Å². The molecule has 0 aromatic carbocycles. The summed E-state index contributed by atoms with van der Waals surface area (Å²) in [6, 6.07) is 0. The second-order valence-corrected chi connectivity index (χ2v) is 11.7. The molecule has 0 spiro atoms. The van der Waals surface area contributed by atoms with Gasteiger partial charge in [-0.2, -0.15) is 0 Å². The molecule has 4 heterocycles. The number of fused-ring (bicyclic) bond motifs is 6. The number of halogens is 1. The van der Waals surface area contributed by atoms with Gasteiger partial charge in [0, 0.05) is 16.3 Å². The van der Waals surface area contributed by atoms with Gasteiger partial charge in [0.1, 0.15) is 33.3 Å². The third-order valence-electron chi connectivity index (χ3n) is 6.54. The van der Waals surface area contributed by atoms with E-state index in [1.807, 2.05) is 11.3 Å². The molecule has 2 aliphatic carbocycles. The standard InChI is InChI=1S/C13H18N4S.C10H9ClN2S.C3H10N2/c14-6-3-7-15-12-11-9-4-1-2-5-10(9)18-13(11)17-8-16-12;11-9-8-6-3-1-2-4-7(6)14-10(8)13-5-12-9;4-2-1-3-5/h8H,1-7,14H2,(H,15,16,17);5H,1-4H2;1-5H2. The molecule has 8 nitrogen and oxygen atoms in total. The predicted octanol–water partition coefficient (Wildman–Crippen LogP) is 4.85. The molecule has 0 atom stereocenters. The highest BCUT2D eigenvalue weighted by Gasteiger charge is 2.20. The van der Waals surface area contributed by atoms with Crippen molar-refractivity contribution in [1.82, 2.24) is 19.9 Å². The van der Waals surface area contributed by atoms with Gasteiger partial charge in [-0.1, -0.05) is 11.6 Å². The summed E-state index contributed by atoms with van der Waals surface area (Å²) in [4.78, 5) is 22.3. The molecule has 0 saturated carbocycles. The number of aromatic nitrogens is 4. The molecule has 4 aromatic rings. The summed E-state index contributed by atoms with van der Waals surface area (Å²) in [7, 11) is 0. The Morgan fingerprint density at radius 2 is 1.24 bits per heavy atom. The third kappa shape index (κ3) is 6.93. The van der Waals surface area contributed by atoms with Crippen LogP contribution in [0.3, 0.4) is 0 Å². The van der Waals surface area contributed by atoms with Gasteiger partial charge in [-0.3, -0.25) is 0 Å². The largest absolute Gasteiger partial charge is 0.369 e. The zero-order valence-electron chi connectivity index (χ0n) is 21.3. The van der Waals surface area contributed by atoms with Gasteiger partial charge in [-0.15, -0.1) is 22.7 Å². The molecule has 37 heavy (non-hydrogen) atoms. The third-order valence-corrected chi connectivity index (χ3v) is 9.22. The van der Waals surface area contributed by atoms with E-state index in [0.717, 1.165) is 59.8 Å². The van der Waals surface area contributed by atoms with Crippen LogP contribution in [0, 0.1) is 0 Å². The number of thiophene rings is 2. The van der Waals surface area contributed by atoms with Crippen LogP contribution < -0.4 is 22.5 Å². The summed E-state index contributed by atoms with van der Waals surface area (Å²) in [5, 5.41) is 6.38. The number of hydrogen-bond donors (Lipinski definition) is 4. The number of nitrogens with two attached hydrogens (primary N) is 3. The average Bonchev–Trinajstić information content (AvgIpc) is 3.50. The van der Waals surface area contributed by atoms with Crippen molar-refractivity contribution >= 4 is 60.5 Å². The van der Waals surface area contributed by atoms with Crippen LogP contribution in [0.4, 0.5) is 5.82 Å². The van der Waals surface area contributed by atoms with Crippen molar-refractivity contribution in [2.75, 3.05) is 31.5 Å². The SMILES string of the molecule is Clc1ncnc2sc3c(c12)CCCC3.NCCCN.NCCCNc1ncnc2sc3c(c12)CCCC3. The molecule has 0 radical (unpaired) electrons. The summed E-state index contributed by atoms with van der Waals surface area (Å²) in [5.41, 5.74) is 18.5. The van der Waals surface area contributed by atoms with Crippen LogP contribution in [0.2, 0.25) is 5.15 Å². The molecular weight excluding hydrogens is 524 g/mol. The van der Waals surface area contributed by atoms with E-state index in [1.165, 1.54) is 71.2 Å². The second-order valence-electron chi connectivity index (χ2n) is 9.17. The first-order valence-electron chi connectivity index (χ1n) is 13.2. The van der Waals surface area contributed by atoms with E-state index in [0.29, 0.717) is 11.7 Å². The molecule has 7 N–H and O–H groups in total. The summed E-state index contributed by atoms with van der Waals surface area (Å²) >= 11 is 9.71. The summed E-state index contributed by atoms with van der Waals surface area (Å²) in [6.45, 7) is 3.03. The molecule has 2 aliphatic rings. The Morgan fingerprint density at radius 3 is 1.84 bits per heavy atom. The lowest BCUT2D eigenvalue weighted by molar-refractivity contribution is 0.700. The lowest BCUT2D eigenvalue weighted by atomic mass is 9.97. The Hall–Kier alpha value is -1.95. The predicted molar refractivity (Wildman–Crippen MR) is 158 cm³/mol. The Labute approximate surface area is 231 Å². The monoisotopic (exact) mass is 560 g/mol. The second kappa shape index (κ2) is 14.3. The van der Waals surface area contributed by atoms with Gasteiger partial charge in [0.25, 0.3) is 0 Å². The maximum absolute atomic E-state index is 6.09. The summed E-state index contributed by atoms with van der Waals surface area (Å²) in [5.74, 6) is 0.993. The fourth-order valence-corrected chi connectivity index (χ4v) is 7.46. The van der Waals surface area contributed by atoms with Crippen LogP contribution in [0.1, 0.15) is 59.4 Å². The molecule has 200 valence electrons. The number of rotatable bonds is 6. The lowest BCUT2D eigenvalue weighted by Crippen LogP contribution is -2.10. The fraction of sp³-hybridized carbons (Fsp3) is 0.538. The summed E-state index contributed by atoms with van der Waals surface area (Å²) in [6.07, 6.45) is 15.0. The van der Waals surface area contributed by atoms with Crippen molar-refractivity contribution in [3.63, 3.8) is 0 Å². The first-order valence-corrected chi connectivity index (χ1v) is 15.2. The van der Waals surface area contributed by atoms with Gasteiger partial charge in [-0.25, -0.2) is 19.9 Å². The van der Waals surface area contributed by atoms with Crippen LogP contribution in [-0.4, -0.2) is 46.1 Å². The number of anilines is 1. The van der Waals surface area contributed by atoms with Crippen LogP contribution in [0.5, 0.6) is 0 Å². The maximum atomic E-state index is 6.09. The van der Waals surface area contributed by atoms with E-state index in [-0.39, 0.29) is 0 Å². The minimum Gasteiger partial charge on any atom is -0.369 e. The van der Waals surface area contributed by atoms with E-state index in [2.05, 4.69) is 25.3 Å². The smallest absolute Gasteiger partial charge is 0.141 e. The topological polar surface area (TPSA) is 142 Å². The minimum absolute atomic E-state index is 0.620. The highest BCUT2D eigenvalue weighted by molar-refractivity contribution is 7.19. The van der Waals surface area contributed by atoms with Crippen LogP contribution >= 0.6 is 34.3 Å². The van der Waals surface area contributed by atoms with Crippen molar-refractivity contribution in [2.24, 2.45) is 17.2 Å². The van der Waals surface area contributed by atoms with E-state index in [4.69, 9.17) is 28.8 Å². The zero-order valence-corrected chi connectivity index (χ0v) is 23.7. The molecule has 4 aromatic heterocycles. The van der Waals surface area contributed by atoms with Gasteiger partial charge in [0.2, 0.25) is 0 Å². The number of nitrogens with zero attached hydrogens (tertiary/aromatic N) is 4. The molecule has 0 amide bonds. The highest BCUT2D eigenvalue weighted by atomic mass is 35.5. The Kier molecular flexibility index (Phi) is 10.8. The van der Waals surface area contributed by atoms with Gasteiger partial charge in [0.15, 0.2) is 0 Å². The highest BCUT2D eigenvalue weighted by Crippen LogP contribution is 2.39. The van der Waals surface area contributed by atoms with Gasteiger partial charge >= 0.3 is 0 Å². The molecular formula is C26H37ClN8S2. The van der Waals surface area contributed by atoms with Crippen LogP contribution in [0.15, 0.2) is 12.7 Å². The Balaban J connectivity index is 0.000000150. The van der Waals surface area contributed by atoms with E-state index >= 15 is 0 Å². The normalized spacial score (nSPS) is 14.3. The van der Waals surface area contributed by atoms with Crippen molar-refractivity contribution in [3.8, 4) is 0 Å². The summed E-state index contributed by atoms with van der Waals surface area (Å²) < 4.78 is 0. The van der Waals surface area contributed by atoms with Gasteiger partial charge in [-0.05, 0) is 95.0 Å². The molecule has 0 saturated heterocycles. The van der Waals surface area contributed by atoms with E-state index in [1.54, 1.807) is 24.0 Å². The van der Waals surface area contributed by atoms with Gasteiger partial charge < -0.3 is 22.5 Å². The van der Waals surface area contributed by atoms with E-state index in [9.17, 15) is 0 Å². The fourth-order valence-electron chi connectivity index (χ4n) is 4.70. The first-order chi connectivity index (χ1) is 18.2. The van der Waals surface area contributed by atoms with E-state index < -0.39 is 0 Å². The van der Waals surface area contributed by atoms with Crippen molar-refractivity contribution < 1.29 is 0 Å². The quantitative estimate of drug-likeness (QED) is 0.194. The number of hydrogen-bond acceptors (Lipinski definition) is 10. The molecule has 11 heteroatoms. The lowest BCUT2D eigenvalue weighted by Gasteiger charge is -2.12. The van der Waals surface area contributed by atoms with Gasteiger partial charge in [0.05, 0.1) is 10.8 Å². The Morgan fingerprint density at radius 1 is 0.703 bits per heavy atom. The minimum atomic E-state index is 0.620. The van der Waals surface area contributed by atoms with Crippen molar-refractivity contribution in [2.45, 2.75) is 64.2 Å². The number of nitrogens with one attached hydrogen (secondary N) is 1. The molecule has 0 aliphatic heterocycles. The van der Waals surface area contributed by atoms with Crippen LogP contribution in [-0.2, 0) is 25.7 Å². The Bertz CT molecular complexity index is 1290.